The molecule has 0 bridgehead atoms. The maximum atomic E-state index is 12.0. The molecule has 0 fully saturated rings. The van der Waals surface area contributed by atoms with Crippen molar-refractivity contribution in [1.82, 2.24) is 10.8 Å². The average Bonchev–Trinajstić information content (AvgIpc) is 2.32. The molecule has 0 rings (SSSR count). The molecule has 0 aliphatic rings. The minimum atomic E-state index is -0.827. The fourth-order valence-electron chi connectivity index (χ4n) is 1.52. The van der Waals surface area contributed by atoms with Gasteiger partial charge in [0.25, 0.3) is 5.91 Å². The number of alkyl carbamates (subject to hydrolysis) is 1. The number of rotatable bonds is 6. The fraction of sp³-hybridized carbons (Fsp3) is 0.769. The summed E-state index contributed by atoms with van der Waals surface area (Å²) >= 11 is 0. The number of ketones is 1. The van der Waals surface area contributed by atoms with Crippen LogP contribution in [0.4, 0.5) is 4.79 Å². The molecule has 0 heterocycles. The second kappa shape index (κ2) is 7.84. The second-order valence-electron chi connectivity index (χ2n) is 5.69. The Kier molecular flexibility index (Phi) is 7.20. The molecule has 20 heavy (non-hydrogen) atoms. The quantitative estimate of drug-likeness (QED) is 0.389. The monoisotopic (exact) mass is 288 g/mol. The topological polar surface area (TPSA) is 105 Å². The van der Waals surface area contributed by atoms with Gasteiger partial charge in [0.2, 0.25) is 0 Å². The third kappa shape index (κ3) is 7.08. The van der Waals surface area contributed by atoms with Crippen LogP contribution in [0.3, 0.4) is 0 Å². The van der Waals surface area contributed by atoms with Gasteiger partial charge in [-0.1, -0.05) is 20.3 Å². The number of hydroxylamine groups is 1. The summed E-state index contributed by atoms with van der Waals surface area (Å²) in [4.78, 5) is 34.7. The van der Waals surface area contributed by atoms with Crippen molar-refractivity contribution in [3.63, 3.8) is 0 Å². The molecular weight excluding hydrogens is 264 g/mol. The molecule has 0 aliphatic heterocycles. The van der Waals surface area contributed by atoms with Gasteiger partial charge in [0.1, 0.15) is 5.60 Å². The van der Waals surface area contributed by atoms with E-state index in [1.54, 1.807) is 27.7 Å². The van der Waals surface area contributed by atoms with Crippen molar-refractivity contribution in [3.8, 4) is 0 Å². The third-order valence-corrected chi connectivity index (χ3v) is 2.69. The lowest BCUT2D eigenvalue weighted by atomic mass is 9.94. The number of nitrogens with one attached hydrogen (secondary N) is 2. The van der Waals surface area contributed by atoms with Crippen LogP contribution < -0.4 is 10.8 Å². The Morgan fingerprint density at radius 3 is 2.20 bits per heavy atom. The normalized spacial score (nSPS) is 14.1. The molecule has 0 aliphatic carbocycles. The van der Waals surface area contributed by atoms with Gasteiger partial charge in [-0.25, -0.2) is 10.3 Å². The molecule has 0 unspecified atom stereocenters. The van der Waals surface area contributed by atoms with E-state index < -0.39 is 35.8 Å². The van der Waals surface area contributed by atoms with Gasteiger partial charge in [-0.05, 0) is 26.7 Å². The van der Waals surface area contributed by atoms with Crippen molar-refractivity contribution in [2.75, 3.05) is 0 Å². The van der Waals surface area contributed by atoms with Gasteiger partial charge in [0.05, 0.1) is 12.5 Å². The molecule has 0 aromatic rings. The van der Waals surface area contributed by atoms with E-state index in [1.807, 2.05) is 6.92 Å². The molecule has 0 aromatic carbocycles. The molecular formula is C13H24N2O5. The first-order chi connectivity index (χ1) is 9.10. The fourth-order valence-corrected chi connectivity index (χ4v) is 1.52. The van der Waals surface area contributed by atoms with E-state index in [0.29, 0.717) is 6.42 Å². The summed E-state index contributed by atoms with van der Waals surface area (Å²) in [7, 11) is 0. The van der Waals surface area contributed by atoms with Gasteiger partial charge in [-0.2, -0.15) is 0 Å². The molecule has 7 heteroatoms. The van der Waals surface area contributed by atoms with Crippen LogP contribution >= 0.6 is 0 Å². The largest absolute Gasteiger partial charge is 0.444 e. The predicted molar refractivity (Wildman–Crippen MR) is 72.2 cm³/mol. The number of ether oxygens (including phenoxy) is 1. The second-order valence-corrected chi connectivity index (χ2v) is 5.69. The maximum absolute atomic E-state index is 12.0. The standard InChI is InChI=1S/C13H24N2O5/c1-6-8(2)11(9(16)7-10(17)15-19)14-12(18)20-13(3,4)5/h8,11,19H,6-7H2,1-5H3,(H,14,18)(H,15,17)/t8-,11-/m0/s1. The highest BCUT2D eigenvalue weighted by Crippen LogP contribution is 2.13. The highest BCUT2D eigenvalue weighted by molar-refractivity contribution is 6.01. The van der Waals surface area contributed by atoms with Crippen LogP contribution in [0.2, 0.25) is 0 Å². The van der Waals surface area contributed by atoms with Crippen molar-refractivity contribution in [1.29, 1.82) is 0 Å². The van der Waals surface area contributed by atoms with Gasteiger partial charge in [-0.15, -0.1) is 0 Å². The maximum Gasteiger partial charge on any atom is 0.408 e. The van der Waals surface area contributed by atoms with Crippen LogP contribution in [0.15, 0.2) is 0 Å². The molecule has 0 aromatic heterocycles. The lowest BCUT2D eigenvalue weighted by Gasteiger charge is -2.25. The molecule has 0 spiro atoms. The van der Waals surface area contributed by atoms with E-state index in [9.17, 15) is 14.4 Å². The Morgan fingerprint density at radius 2 is 1.80 bits per heavy atom. The Balaban J connectivity index is 4.77. The zero-order chi connectivity index (χ0) is 15.9. The van der Waals surface area contributed by atoms with Crippen LogP contribution in [0, 0.1) is 5.92 Å². The average molecular weight is 288 g/mol. The minimum Gasteiger partial charge on any atom is -0.444 e. The van der Waals surface area contributed by atoms with Gasteiger partial charge in [-0.3, -0.25) is 14.8 Å². The summed E-state index contributed by atoms with van der Waals surface area (Å²) < 4.78 is 5.09. The summed E-state index contributed by atoms with van der Waals surface area (Å²) in [6, 6.07) is -0.827. The van der Waals surface area contributed by atoms with Crippen LogP contribution in [0.1, 0.15) is 47.5 Å². The van der Waals surface area contributed by atoms with E-state index >= 15 is 0 Å². The van der Waals surface area contributed by atoms with Crippen molar-refractivity contribution in [3.05, 3.63) is 0 Å². The van der Waals surface area contributed by atoms with E-state index in [-0.39, 0.29) is 5.92 Å². The number of Topliss-reactive ketones (excluding diaryl/α,β-unsaturated/α-hetero) is 1. The van der Waals surface area contributed by atoms with E-state index in [2.05, 4.69) is 5.32 Å². The van der Waals surface area contributed by atoms with Crippen LogP contribution in [-0.4, -0.2) is 34.6 Å². The number of hydrogen-bond donors (Lipinski definition) is 3. The summed E-state index contributed by atoms with van der Waals surface area (Å²) in [5.41, 5.74) is 0.725. The Hall–Kier alpha value is -1.63. The van der Waals surface area contributed by atoms with Crippen LogP contribution in [0.5, 0.6) is 0 Å². The number of carbonyl (C=O) groups is 3. The number of carbonyl (C=O) groups excluding carboxylic acids is 3. The lowest BCUT2D eigenvalue weighted by molar-refractivity contribution is -0.135. The lowest BCUT2D eigenvalue weighted by Crippen LogP contribution is -2.48. The SMILES string of the molecule is CC[C@H](C)[C@H](NC(=O)OC(C)(C)C)C(=O)CC(=O)NO. The first-order valence-corrected chi connectivity index (χ1v) is 6.55. The summed E-state index contributed by atoms with van der Waals surface area (Å²) in [5, 5.41) is 10.9. The zero-order valence-corrected chi connectivity index (χ0v) is 12.6. The Labute approximate surface area is 119 Å². The van der Waals surface area contributed by atoms with Gasteiger partial charge >= 0.3 is 6.09 Å². The molecule has 0 saturated heterocycles. The van der Waals surface area contributed by atoms with Gasteiger partial charge < -0.3 is 10.1 Å². The Bertz CT molecular complexity index is 362. The molecule has 116 valence electrons. The van der Waals surface area contributed by atoms with Crippen LogP contribution in [-0.2, 0) is 14.3 Å². The van der Waals surface area contributed by atoms with E-state index in [1.165, 1.54) is 5.48 Å². The van der Waals surface area contributed by atoms with Gasteiger partial charge in [0.15, 0.2) is 5.78 Å². The number of hydrogen-bond acceptors (Lipinski definition) is 5. The number of amides is 2. The van der Waals surface area contributed by atoms with E-state index in [0.717, 1.165) is 0 Å². The van der Waals surface area contributed by atoms with Crippen LogP contribution in [0.25, 0.3) is 0 Å². The van der Waals surface area contributed by atoms with E-state index in [4.69, 9.17) is 9.94 Å². The van der Waals surface area contributed by atoms with Gasteiger partial charge in [0, 0.05) is 0 Å². The highest BCUT2D eigenvalue weighted by atomic mass is 16.6. The molecule has 7 nitrogen and oxygen atoms in total. The summed E-state index contributed by atoms with van der Waals surface area (Å²) in [6.07, 6.45) is -0.561. The summed E-state index contributed by atoms with van der Waals surface area (Å²) in [6.45, 7) is 8.80. The zero-order valence-electron chi connectivity index (χ0n) is 12.6. The first-order valence-electron chi connectivity index (χ1n) is 6.55. The molecule has 2 atom stereocenters. The highest BCUT2D eigenvalue weighted by Gasteiger charge is 2.29. The smallest absolute Gasteiger partial charge is 0.408 e. The minimum absolute atomic E-state index is 0.151. The first kappa shape index (κ1) is 18.4. The predicted octanol–water partition coefficient (Wildman–Crippen LogP) is 1.39. The Morgan fingerprint density at radius 1 is 1.25 bits per heavy atom. The summed E-state index contributed by atoms with van der Waals surface area (Å²) in [5.74, 6) is -1.44. The molecule has 3 N–H and O–H groups in total. The molecule has 0 radical (unpaired) electrons. The van der Waals surface area contributed by atoms with Crippen molar-refractivity contribution >= 4 is 17.8 Å². The third-order valence-electron chi connectivity index (χ3n) is 2.69. The molecule has 2 amide bonds. The van der Waals surface area contributed by atoms with Crippen molar-refractivity contribution < 1.29 is 24.3 Å². The van der Waals surface area contributed by atoms with Crippen molar-refractivity contribution in [2.45, 2.75) is 59.1 Å². The molecule has 0 saturated carbocycles. The van der Waals surface area contributed by atoms with Crippen molar-refractivity contribution in [2.24, 2.45) is 5.92 Å².